The number of fused-ring (bicyclic) bond motifs is 1. The molecule has 1 aliphatic rings. The SMILES string of the molecule is Cc1c(F)cccc1NC(=O)c1cc2c(cc1N)OCO2. The van der Waals surface area contributed by atoms with Gasteiger partial charge < -0.3 is 20.5 Å². The third-order valence-corrected chi connectivity index (χ3v) is 3.31. The van der Waals surface area contributed by atoms with Crippen LogP contribution in [0.3, 0.4) is 0 Å². The Hall–Kier alpha value is -2.76. The molecule has 0 spiro atoms. The van der Waals surface area contributed by atoms with Crippen molar-refractivity contribution in [2.45, 2.75) is 6.92 Å². The topological polar surface area (TPSA) is 73.6 Å². The highest BCUT2D eigenvalue weighted by atomic mass is 19.1. The van der Waals surface area contributed by atoms with Gasteiger partial charge in [-0.1, -0.05) is 6.07 Å². The number of carbonyl (C=O) groups is 1. The van der Waals surface area contributed by atoms with Crippen LogP contribution in [-0.2, 0) is 0 Å². The lowest BCUT2D eigenvalue weighted by Gasteiger charge is -2.11. The number of benzene rings is 2. The van der Waals surface area contributed by atoms with Gasteiger partial charge in [-0.2, -0.15) is 0 Å². The number of ether oxygens (including phenoxy) is 2. The van der Waals surface area contributed by atoms with Gasteiger partial charge >= 0.3 is 0 Å². The zero-order chi connectivity index (χ0) is 15.0. The normalized spacial score (nSPS) is 12.3. The van der Waals surface area contributed by atoms with E-state index in [9.17, 15) is 9.18 Å². The van der Waals surface area contributed by atoms with Crippen LogP contribution >= 0.6 is 0 Å². The minimum absolute atomic E-state index is 0.100. The summed E-state index contributed by atoms with van der Waals surface area (Å²) in [4.78, 5) is 12.3. The third-order valence-electron chi connectivity index (χ3n) is 3.31. The molecule has 6 heteroatoms. The Morgan fingerprint density at radius 2 is 2.00 bits per heavy atom. The van der Waals surface area contributed by atoms with Gasteiger partial charge in [-0.15, -0.1) is 0 Å². The van der Waals surface area contributed by atoms with E-state index in [4.69, 9.17) is 15.2 Å². The highest BCUT2D eigenvalue weighted by Gasteiger charge is 2.20. The van der Waals surface area contributed by atoms with Gasteiger partial charge in [0.1, 0.15) is 5.82 Å². The van der Waals surface area contributed by atoms with Crippen molar-refractivity contribution in [3.8, 4) is 11.5 Å². The van der Waals surface area contributed by atoms with Gasteiger partial charge in [0.2, 0.25) is 6.79 Å². The summed E-state index contributed by atoms with van der Waals surface area (Å²) in [7, 11) is 0. The molecule has 1 aliphatic heterocycles. The highest BCUT2D eigenvalue weighted by Crippen LogP contribution is 2.36. The molecule has 0 fully saturated rings. The van der Waals surface area contributed by atoms with Crippen molar-refractivity contribution >= 4 is 17.3 Å². The summed E-state index contributed by atoms with van der Waals surface area (Å²) in [6, 6.07) is 7.54. The van der Waals surface area contributed by atoms with E-state index >= 15 is 0 Å². The quantitative estimate of drug-likeness (QED) is 0.833. The fraction of sp³-hybridized carbons (Fsp3) is 0.133. The van der Waals surface area contributed by atoms with Crippen LogP contribution in [0.5, 0.6) is 11.5 Å². The Bertz CT molecular complexity index is 731. The average molecular weight is 288 g/mol. The second kappa shape index (κ2) is 4.97. The Kier molecular flexibility index (Phi) is 3.13. The number of hydrogen-bond donors (Lipinski definition) is 2. The molecule has 0 saturated carbocycles. The highest BCUT2D eigenvalue weighted by molar-refractivity contribution is 6.08. The van der Waals surface area contributed by atoms with Crippen molar-refractivity contribution < 1.29 is 18.7 Å². The fourth-order valence-electron chi connectivity index (χ4n) is 2.09. The summed E-state index contributed by atoms with van der Waals surface area (Å²) >= 11 is 0. The van der Waals surface area contributed by atoms with Crippen LogP contribution in [0.25, 0.3) is 0 Å². The number of nitrogens with one attached hydrogen (secondary N) is 1. The van der Waals surface area contributed by atoms with Gasteiger partial charge in [-0.05, 0) is 25.1 Å². The molecule has 0 atom stereocenters. The van der Waals surface area contributed by atoms with Crippen molar-refractivity contribution in [3.05, 3.63) is 47.3 Å². The van der Waals surface area contributed by atoms with Crippen LogP contribution in [0.15, 0.2) is 30.3 Å². The lowest BCUT2D eigenvalue weighted by molar-refractivity contribution is 0.102. The standard InChI is InChI=1S/C15H13FN2O3/c1-8-10(16)3-2-4-12(8)18-15(19)9-5-13-14(6-11(9)17)21-7-20-13/h2-6H,7,17H2,1H3,(H,18,19). The van der Waals surface area contributed by atoms with Crippen molar-refractivity contribution in [1.29, 1.82) is 0 Å². The molecule has 0 radical (unpaired) electrons. The monoisotopic (exact) mass is 288 g/mol. The zero-order valence-electron chi connectivity index (χ0n) is 11.3. The smallest absolute Gasteiger partial charge is 0.257 e. The van der Waals surface area contributed by atoms with E-state index in [1.807, 2.05) is 0 Å². The number of hydrogen-bond acceptors (Lipinski definition) is 4. The number of rotatable bonds is 2. The molecule has 5 nitrogen and oxygen atoms in total. The maximum atomic E-state index is 13.5. The minimum atomic E-state index is -0.431. The van der Waals surface area contributed by atoms with Crippen molar-refractivity contribution in [3.63, 3.8) is 0 Å². The first-order valence-corrected chi connectivity index (χ1v) is 6.32. The van der Waals surface area contributed by atoms with Crippen LogP contribution in [-0.4, -0.2) is 12.7 Å². The Morgan fingerprint density at radius 3 is 2.76 bits per heavy atom. The molecule has 1 amide bonds. The van der Waals surface area contributed by atoms with Crippen LogP contribution in [0, 0.1) is 12.7 Å². The van der Waals surface area contributed by atoms with Crippen LogP contribution in [0.4, 0.5) is 15.8 Å². The molecule has 0 bridgehead atoms. The molecular formula is C15H13FN2O3. The first-order chi connectivity index (χ1) is 10.1. The number of amides is 1. The molecule has 3 rings (SSSR count). The van der Waals surface area contributed by atoms with Crippen molar-refractivity contribution in [2.24, 2.45) is 0 Å². The van der Waals surface area contributed by atoms with E-state index in [-0.39, 0.29) is 23.9 Å². The van der Waals surface area contributed by atoms with Crippen LogP contribution in [0.2, 0.25) is 0 Å². The largest absolute Gasteiger partial charge is 0.454 e. The summed E-state index contributed by atoms with van der Waals surface area (Å²) < 4.78 is 23.9. The van der Waals surface area contributed by atoms with Gasteiger partial charge in [-0.25, -0.2) is 4.39 Å². The molecule has 0 unspecified atom stereocenters. The minimum Gasteiger partial charge on any atom is -0.454 e. The van der Waals surface area contributed by atoms with Crippen molar-refractivity contribution in [2.75, 3.05) is 17.8 Å². The summed E-state index contributed by atoms with van der Waals surface area (Å²) in [5.74, 6) is 0.155. The second-order valence-electron chi connectivity index (χ2n) is 4.66. The van der Waals surface area contributed by atoms with Crippen molar-refractivity contribution in [1.82, 2.24) is 0 Å². The molecule has 2 aromatic rings. The van der Waals surface area contributed by atoms with Gasteiger partial charge in [0.05, 0.1) is 5.56 Å². The summed E-state index contributed by atoms with van der Waals surface area (Å²) in [6.45, 7) is 1.69. The number of anilines is 2. The molecule has 1 heterocycles. The number of nitrogen functional groups attached to an aromatic ring is 1. The lowest BCUT2D eigenvalue weighted by Crippen LogP contribution is -2.15. The number of carbonyl (C=O) groups excluding carboxylic acids is 1. The maximum absolute atomic E-state index is 13.5. The third kappa shape index (κ3) is 2.35. The first-order valence-electron chi connectivity index (χ1n) is 6.32. The lowest BCUT2D eigenvalue weighted by atomic mass is 10.1. The molecular weight excluding hydrogens is 275 g/mol. The molecule has 108 valence electrons. The van der Waals surface area contributed by atoms with E-state index < -0.39 is 5.91 Å². The summed E-state index contributed by atoms with van der Waals surface area (Å²) in [5, 5.41) is 2.64. The molecule has 0 aliphatic carbocycles. The van der Waals surface area contributed by atoms with Gasteiger partial charge in [0.25, 0.3) is 5.91 Å². The zero-order valence-corrected chi connectivity index (χ0v) is 11.3. The maximum Gasteiger partial charge on any atom is 0.257 e. The first kappa shape index (κ1) is 13.2. The van der Waals surface area contributed by atoms with E-state index in [0.717, 1.165) is 0 Å². The Labute approximate surface area is 120 Å². The van der Waals surface area contributed by atoms with Gasteiger partial charge in [0.15, 0.2) is 11.5 Å². The average Bonchev–Trinajstić information content (AvgIpc) is 2.90. The van der Waals surface area contributed by atoms with Gasteiger partial charge in [-0.3, -0.25) is 4.79 Å². The van der Waals surface area contributed by atoms with Gasteiger partial charge in [0, 0.05) is 23.0 Å². The molecule has 3 N–H and O–H groups in total. The number of nitrogens with two attached hydrogens (primary N) is 1. The van der Waals surface area contributed by atoms with E-state index in [1.54, 1.807) is 13.0 Å². The molecule has 0 saturated heterocycles. The van der Waals surface area contributed by atoms with E-state index in [2.05, 4.69) is 5.32 Å². The summed E-state index contributed by atoms with van der Waals surface area (Å²) in [6.07, 6.45) is 0. The summed E-state index contributed by atoms with van der Waals surface area (Å²) in [5.41, 5.74) is 7.13. The Morgan fingerprint density at radius 1 is 1.29 bits per heavy atom. The predicted octanol–water partition coefficient (Wildman–Crippen LogP) is 2.70. The Balaban J connectivity index is 1.91. The molecule has 21 heavy (non-hydrogen) atoms. The fourth-order valence-corrected chi connectivity index (χ4v) is 2.09. The predicted molar refractivity (Wildman–Crippen MR) is 76.1 cm³/mol. The molecule has 2 aromatic carbocycles. The van der Waals surface area contributed by atoms with Crippen LogP contribution < -0.4 is 20.5 Å². The number of halogens is 1. The molecule has 0 aromatic heterocycles. The van der Waals surface area contributed by atoms with Crippen LogP contribution in [0.1, 0.15) is 15.9 Å². The van der Waals surface area contributed by atoms with E-state index in [1.165, 1.54) is 24.3 Å². The second-order valence-corrected chi connectivity index (χ2v) is 4.66. The van der Waals surface area contributed by atoms with E-state index in [0.29, 0.717) is 22.7 Å².